The van der Waals surface area contributed by atoms with Crippen molar-refractivity contribution in [3.63, 3.8) is 0 Å². The molecule has 19 heavy (non-hydrogen) atoms. The third-order valence-corrected chi connectivity index (χ3v) is 2.75. The predicted molar refractivity (Wildman–Crippen MR) is 75.9 cm³/mol. The summed E-state index contributed by atoms with van der Waals surface area (Å²) in [7, 11) is -3.36. The molecule has 1 aromatic heterocycles. The zero-order valence-corrected chi connectivity index (χ0v) is 11.1. The van der Waals surface area contributed by atoms with Gasteiger partial charge in [-0.3, -0.25) is 4.72 Å². The Bertz CT molecular complexity index is 682. The molecule has 0 radical (unpaired) electrons. The van der Waals surface area contributed by atoms with Crippen LogP contribution in [0.4, 0.5) is 5.95 Å². The smallest absolute Gasteiger partial charge is 0.237 e. The van der Waals surface area contributed by atoms with Gasteiger partial charge in [-0.05, 0) is 17.7 Å². The molecule has 5 nitrogen and oxygen atoms in total. The molecular weight excluding hydrogens is 262 g/mol. The van der Waals surface area contributed by atoms with Crippen molar-refractivity contribution in [1.29, 1.82) is 0 Å². The molecule has 2 aromatic rings. The van der Waals surface area contributed by atoms with Gasteiger partial charge in [0.15, 0.2) is 0 Å². The molecule has 0 fully saturated rings. The zero-order valence-electron chi connectivity index (χ0n) is 10.3. The number of aromatic nitrogens is 2. The number of sulfonamides is 1. The van der Waals surface area contributed by atoms with Crippen molar-refractivity contribution in [2.24, 2.45) is 0 Å². The van der Waals surface area contributed by atoms with Gasteiger partial charge < -0.3 is 0 Å². The maximum absolute atomic E-state index is 11.1. The molecule has 2 rings (SSSR count). The molecule has 0 atom stereocenters. The highest BCUT2D eigenvalue weighted by Crippen LogP contribution is 2.08. The molecule has 0 spiro atoms. The summed E-state index contributed by atoms with van der Waals surface area (Å²) < 4.78 is 24.4. The highest BCUT2D eigenvalue weighted by atomic mass is 32.2. The fourth-order valence-corrected chi connectivity index (χ4v) is 1.86. The largest absolute Gasteiger partial charge is 0.251 e. The molecule has 0 aliphatic heterocycles. The van der Waals surface area contributed by atoms with Crippen LogP contribution in [0.3, 0.4) is 0 Å². The zero-order chi connectivity index (χ0) is 13.7. The van der Waals surface area contributed by atoms with Gasteiger partial charge in [0.1, 0.15) is 0 Å². The molecule has 0 unspecified atom stereocenters. The first-order valence-corrected chi connectivity index (χ1v) is 7.46. The third kappa shape index (κ3) is 4.51. The van der Waals surface area contributed by atoms with E-state index in [0.29, 0.717) is 5.69 Å². The molecule has 0 saturated carbocycles. The van der Waals surface area contributed by atoms with E-state index in [2.05, 4.69) is 14.7 Å². The summed E-state index contributed by atoms with van der Waals surface area (Å²) in [6.45, 7) is 0. The first-order chi connectivity index (χ1) is 9.03. The fourth-order valence-electron chi connectivity index (χ4n) is 1.43. The van der Waals surface area contributed by atoms with Crippen LogP contribution in [0.15, 0.2) is 42.6 Å². The molecule has 0 aliphatic carbocycles. The van der Waals surface area contributed by atoms with E-state index >= 15 is 0 Å². The summed E-state index contributed by atoms with van der Waals surface area (Å²) in [6.07, 6.45) is 6.26. The van der Waals surface area contributed by atoms with Crippen LogP contribution < -0.4 is 4.72 Å². The average molecular weight is 275 g/mol. The molecule has 1 aromatic carbocycles. The molecular formula is C13H13N3O2S. The Morgan fingerprint density at radius 1 is 1.11 bits per heavy atom. The van der Waals surface area contributed by atoms with Gasteiger partial charge in [-0.1, -0.05) is 36.4 Å². The van der Waals surface area contributed by atoms with E-state index < -0.39 is 10.0 Å². The lowest BCUT2D eigenvalue weighted by molar-refractivity contribution is 0.606. The van der Waals surface area contributed by atoms with E-state index in [1.165, 1.54) is 6.20 Å². The summed E-state index contributed by atoms with van der Waals surface area (Å²) in [6, 6.07) is 11.5. The number of benzene rings is 1. The van der Waals surface area contributed by atoms with Crippen molar-refractivity contribution >= 4 is 28.1 Å². The van der Waals surface area contributed by atoms with Gasteiger partial charge in [0.05, 0.1) is 11.9 Å². The van der Waals surface area contributed by atoms with Crippen LogP contribution in [0, 0.1) is 0 Å². The van der Waals surface area contributed by atoms with Crippen LogP contribution in [-0.4, -0.2) is 24.6 Å². The lowest BCUT2D eigenvalue weighted by Gasteiger charge is -2.01. The van der Waals surface area contributed by atoms with Crippen LogP contribution in [0.5, 0.6) is 0 Å². The quantitative estimate of drug-likeness (QED) is 0.926. The number of hydrogen-bond acceptors (Lipinski definition) is 4. The monoisotopic (exact) mass is 275 g/mol. The van der Waals surface area contributed by atoms with Gasteiger partial charge in [-0.15, -0.1) is 0 Å². The number of nitrogens with one attached hydrogen (secondary N) is 1. The minimum atomic E-state index is -3.36. The van der Waals surface area contributed by atoms with E-state index in [1.807, 2.05) is 36.4 Å². The van der Waals surface area contributed by atoms with Gasteiger partial charge in [0, 0.05) is 6.20 Å². The SMILES string of the molecule is CS(=O)(=O)Nc1nccc(/C=C/c2ccccc2)n1. The molecule has 1 heterocycles. The molecule has 0 aliphatic rings. The van der Waals surface area contributed by atoms with Crippen molar-refractivity contribution in [3.05, 3.63) is 53.9 Å². The van der Waals surface area contributed by atoms with Crippen molar-refractivity contribution in [1.82, 2.24) is 9.97 Å². The van der Waals surface area contributed by atoms with Crippen LogP contribution in [-0.2, 0) is 10.0 Å². The Balaban J connectivity index is 2.18. The highest BCUT2D eigenvalue weighted by Gasteiger charge is 2.03. The fraction of sp³-hybridized carbons (Fsp3) is 0.0769. The number of rotatable bonds is 4. The van der Waals surface area contributed by atoms with Crippen LogP contribution in [0.25, 0.3) is 12.2 Å². The van der Waals surface area contributed by atoms with Crippen molar-refractivity contribution in [2.45, 2.75) is 0 Å². The number of hydrogen-bond donors (Lipinski definition) is 1. The highest BCUT2D eigenvalue weighted by molar-refractivity contribution is 7.91. The topological polar surface area (TPSA) is 72.0 Å². The first kappa shape index (κ1) is 13.2. The standard InChI is InChI=1S/C13H13N3O2S/c1-19(17,18)16-13-14-10-9-12(15-13)8-7-11-5-3-2-4-6-11/h2-10H,1H3,(H,14,15,16)/b8-7+. The lowest BCUT2D eigenvalue weighted by Crippen LogP contribution is -2.12. The second-order valence-electron chi connectivity index (χ2n) is 3.92. The Morgan fingerprint density at radius 3 is 2.53 bits per heavy atom. The van der Waals surface area contributed by atoms with E-state index in [4.69, 9.17) is 0 Å². The predicted octanol–water partition coefficient (Wildman–Crippen LogP) is 2.02. The van der Waals surface area contributed by atoms with Gasteiger partial charge in [0.25, 0.3) is 0 Å². The summed E-state index contributed by atoms with van der Waals surface area (Å²) in [4.78, 5) is 7.93. The number of anilines is 1. The van der Waals surface area contributed by atoms with Gasteiger partial charge >= 0.3 is 0 Å². The third-order valence-electron chi connectivity index (χ3n) is 2.20. The second-order valence-corrected chi connectivity index (χ2v) is 5.67. The molecule has 6 heteroatoms. The van der Waals surface area contributed by atoms with Crippen molar-refractivity contribution in [2.75, 3.05) is 11.0 Å². The second kappa shape index (κ2) is 5.62. The Labute approximate surface area is 112 Å². The minimum Gasteiger partial charge on any atom is -0.251 e. The van der Waals surface area contributed by atoms with Crippen LogP contribution >= 0.6 is 0 Å². The first-order valence-electron chi connectivity index (χ1n) is 5.57. The van der Waals surface area contributed by atoms with Gasteiger partial charge in [-0.2, -0.15) is 0 Å². The van der Waals surface area contributed by atoms with E-state index in [0.717, 1.165) is 11.8 Å². The Kier molecular flexibility index (Phi) is 3.91. The van der Waals surface area contributed by atoms with Crippen molar-refractivity contribution in [3.8, 4) is 0 Å². The number of nitrogens with zero attached hydrogens (tertiary/aromatic N) is 2. The minimum absolute atomic E-state index is 0.0673. The lowest BCUT2D eigenvalue weighted by atomic mass is 10.2. The Morgan fingerprint density at radius 2 is 1.84 bits per heavy atom. The van der Waals surface area contributed by atoms with Crippen LogP contribution in [0.1, 0.15) is 11.3 Å². The average Bonchev–Trinajstić information content (AvgIpc) is 2.36. The normalized spacial score (nSPS) is 11.6. The summed E-state index contributed by atoms with van der Waals surface area (Å²) >= 11 is 0. The summed E-state index contributed by atoms with van der Waals surface area (Å²) in [5.41, 5.74) is 1.67. The summed E-state index contributed by atoms with van der Waals surface area (Å²) in [5, 5.41) is 0. The van der Waals surface area contributed by atoms with Gasteiger partial charge in [-0.25, -0.2) is 18.4 Å². The summed E-state index contributed by atoms with van der Waals surface area (Å²) in [5.74, 6) is 0.0673. The Hall–Kier alpha value is -2.21. The van der Waals surface area contributed by atoms with Crippen LogP contribution in [0.2, 0.25) is 0 Å². The maximum atomic E-state index is 11.1. The molecule has 0 bridgehead atoms. The molecule has 0 amide bonds. The maximum Gasteiger partial charge on any atom is 0.237 e. The van der Waals surface area contributed by atoms with E-state index in [9.17, 15) is 8.42 Å². The molecule has 98 valence electrons. The van der Waals surface area contributed by atoms with Gasteiger partial charge in [0.2, 0.25) is 16.0 Å². The van der Waals surface area contributed by atoms with E-state index in [1.54, 1.807) is 12.1 Å². The van der Waals surface area contributed by atoms with E-state index in [-0.39, 0.29) is 5.95 Å². The molecule has 1 N–H and O–H groups in total. The van der Waals surface area contributed by atoms with Crippen molar-refractivity contribution < 1.29 is 8.42 Å². The molecule has 0 saturated heterocycles.